The van der Waals surface area contributed by atoms with Crippen LogP contribution in [0.15, 0.2) is 24.3 Å². The van der Waals surface area contributed by atoms with Crippen LogP contribution in [0.5, 0.6) is 5.75 Å². The van der Waals surface area contributed by atoms with Crippen LogP contribution in [0.1, 0.15) is 50.5 Å². The SMILES string of the molecule is Cl.O=C(NCc1ccc(OC2CCCCC2)cc1)C1CCCN1. The van der Waals surface area contributed by atoms with Crippen LogP contribution in [0, 0.1) is 0 Å². The molecule has 5 heteroatoms. The standard InChI is InChI=1S/C18H26N2O2.ClH/c21-18(17-7-4-12-19-17)20-13-14-8-10-16(11-9-14)22-15-5-2-1-3-6-15;/h8-11,15,17,19H,1-7,12-13H2,(H,20,21);1H. The normalized spacial score (nSPS) is 21.5. The van der Waals surface area contributed by atoms with Crippen molar-refractivity contribution in [2.75, 3.05) is 6.54 Å². The molecule has 1 amide bonds. The topological polar surface area (TPSA) is 50.4 Å². The zero-order chi connectivity index (χ0) is 15.2. The predicted octanol–water partition coefficient (Wildman–Crippen LogP) is 3.19. The van der Waals surface area contributed by atoms with E-state index in [9.17, 15) is 4.79 Å². The number of hydrogen-bond donors (Lipinski definition) is 2. The van der Waals surface area contributed by atoms with Crippen molar-refractivity contribution >= 4 is 18.3 Å². The molecule has 1 aliphatic heterocycles. The van der Waals surface area contributed by atoms with E-state index in [4.69, 9.17) is 4.74 Å². The fourth-order valence-electron chi connectivity index (χ4n) is 3.28. The van der Waals surface area contributed by atoms with Gasteiger partial charge >= 0.3 is 0 Å². The summed E-state index contributed by atoms with van der Waals surface area (Å²) in [5.41, 5.74) is 1.11. The Balaban J connectivity index is 0.00000192. The Bertz CT molecular complexity index is 480. The molecular formula is C18H27ClN2O2. The number of carbonyl (C=O) groups excluding carboxylic acids is 1. The van der Waals surface area contributed by atoms with Gasteiger partial charge in [0.15, 0.2) is 0 Å². The minimum absolute atomic E-state index is 0. The highest BCUT2D eigenvalue weighted by Crippen LogP contribution is 2.23. The lowest BCUT2D eigenvalue weighted by molar-refractivity contribution is -0.122. The summed E-state index contributed by atoms with van der Waals surface area (Å²) in [6, 6.07) is 8.11. The monoisotopic (exact) mass is 338 g/mol. The van der Waals surface area contributed by atoms with Crippen molar-refractivity contribution in [3.05, 3.63) is 29.8 Å². The van der Waals surface area contributed by atoms with Crippen LogP contribution in [0.25, 0.3) is 0 Å². The van der Waals surface area contributed by atoms with Gasteiger partial charge in [-0.3, -0.25) is 4.79 Å². The van der Waals surface area contributed by atoms with Crippen molar-refractivity contribution in [3.63, 3.8) is 0 Å². The van der Waals surface area contributed by atoms with Crippen molar-refractivity contribution in [2.45, 2.75) is 63.6 Å². The van der Waals surface area contributed by atoms with Gasteiger partial charge in [0, 0.05) is 6.54 Å². The number of amides is 1. The third-order valence-electron chi connectivity index (χ3n) is 4.62. The molecule has 23 heavy (non-hydrogen) atoms. The van der Waals surface area contributed by atoms with Crippen molar-refractivity contribution in [2.24, 2.45) is 0 Å². The lowest BCUT2D eigenvalue weighted by Crippen LogP contribution is -2.39. The first-order valence-corrected chi connectivity index (χ1v) is 8.58. The van der Waals surface area contributed by atoms with E-state index in [0.29, 0.717) is 12.6 Å². The molecule has 1 heterocycles. The summed E-state index contributed by atoms with van der Waals surface area (Å²) in [5.74, 6) is 1.06. The molecule has 1 saturated carbocycles. The molecule has 1 aromatic rings. The molecule has 1 aromatic carbocycles. The first kappa shape index (κ1) is 18.1. The zero-order valence-electron chi connectivity index (χ0n) is 13.6. The second-order valence-electron chi connectivity index (χ2n) is 6.39. The molecule has 3 rings (SSSR count). The molecule has 1 aliphatic carbocycles. The van der Waals surface area contributed by atoms with E-state index < -0.39 is 0 Å². The van der Waals surface area contributed by atoms with Crippen molar-refractivity contribution in [3.8, 4) is 5.75 Å². The van der Waals surface area contributed by atoms with Crippen LogP contribution in [0.3, 0.4) is 0 Å². The number of hydrogen-bond acceptors (Lipinski definition) is 3. The molecule has 2 aliphatic rings. The molecule has 1 atom stereocenters. The highest BCUT2D eigenvalue weighted by atomic mass is 35.5. The molecule has 0 aromatic heterocycles. The Kier molecular flexibility index (Phi) is 7.18. The quantitative estimate of drug-likeness (QED) is 0.867. The molecule has 1 unspecified atom stereocenters. The summed E-state index contributed by atoms with van der Waals surface area (Å²) >= 11 is 0. The number of nitrogens with one attached hydrogen (secondary N) is 2. The van der Waals surface area contributed by atoms with Gasteiger partial charge in [-0.15, -0.1) is 12.4 Å². The van der Waals surface area contributed by atoms with E-state index in [0.717, 1.165) is 30.7 Å². The summed E-state index contributed by atoms with van der Waals surface area (Å²) in [4.78, 5) is 11.9. The first-order chi connectivity index (χ1) is 10.8. The maximum absolute atomic E-state index is 11.9. The molecule has 4 nitrogen and oxygen atoms in total. The second-order valence-corrected chi connectivity index (χ2v) is 6.39. The van der Waals surface area contributed by atoms with Crippen LogP contribution < -0.4 is 15.4 Å². The van der Waals surface area contributed by atoms with Gasteiger partial charge in [0.25, 0.3) is 0 Å². The average Bonchev–Trinajstić information content (AvgIpc) is 3.09. The highest BCUT2D eigenvalue weighted by Gasteiger charge is 2.21. The van der Waals surface area contributed by atoms with Crippen molar-refractivity contribution < 1.29 is 9.53 Å². The summed E-state index contributed by atoms with van der Waals surface area (Å²) in [6.45, 7) is 1.53. The molecule has 0 bridgehead atoms. The molecule has 0 spiro atoms. The molecule has 2 N–H and O–H groups in total. The van der Waals surface area contributed by atoms with E-state index in [2.05, 4.69) is 10.6 Å². The minimum atomic E-state index is -0.00564. The lowest BCUT2D eigenvalue weighted by Gasteiger charge is -2.23. The number of rotatable bonds is 5. The molecule has 128 valence electrons. The van der Waals surface area contributed by atoms with E-state index in [1.54, 1.807) is 0 Å². The van der Waals surface area contributed by atoms with Gasteiger partial charge in [-0.25, -0.2) is 0 Å². The fourth-order valence-corrected chi connectivity index (χ4v) is 3.28. The summed E-state index contributed by atoms with van der Waals surface area (Å²) in [6.07, 6.45) is 8.67. The Labute approximate surface area is 144 Å². The third-order valence-corrected chi connectivity index (χ3v) is 4.62. The smallest absolute Gasteiger partial charge is 0.237 e. The van der Waals surface area contributed by atoms with E-state index in [1.165, 1.54) is 32.1 Å². The van der Waals surface area contributed by atoms with Crippen LogP contribution in [0.4, 0.5) is 0 Å². The van der Waals surface area contributed by atoms with Crippen LogP contribution in [0.2, 0.25) is 0 Å². The van der Waals surface area contributed by atoms with Crippen LogP contribution >= 0.6 is 12.4 Å². The summed E-state index contributed by atoms with van der Waals surface area (Å²) in [7, 11) is 0. The second kappa shape index (κ2) is 9.14. The molecule has 2 fully saturated rings. The van der Waals surface area contributed by atoms with Crippen LogP contribution in [-0.2, 0) is 11.3 Å². The predicted molar refractivity (Wildman–Crippen MR) is 94.1 cm³/mol. The van der Waals surface area contributed by atoms with E-state index in [1.807, 2.05) is 24.3 Å². The lowest BCUT2D eigenvalue weighted by atomic mass is 9.98. The molecule has 0 radical (unpaired) electrons. The minimum Gasteiger partial charge on any atom is -0.490 e. The largest absolute Gasteiger partial charge is 0.490 e. The van der Waals surface area contributed by atoms with Gasteiger partial charge < -0.3 is 15.4 Å². The molecule has 1 saturated heterocycles. The Morgan fingerprint density at radius 1 is 1.09 bits per heavy atom. The number of carbonyl (C=O) groups is 1. The Hall–Kier alpha value is -1.26. The van der Waals surface area contributed by atoms with Gasteiger partial charge in [-0.1, -0.05) is 18.6 Å². The van der Waals surface area contributed by atoms with Gasteiger partial charge in [-0.05, 0) is 62.8 Å². The number of halogens is 1. The van der Waals surface area contributed by atoms with E-state index >= 15 is 0 Å². The highest BCUT2D eigenvalue weighted by molar-refractivity contribution is 5.85. The van der Waals surface area contributed by atoms with Crippen molar-refractivity contribution in [1.82, 2.24) is 10.6 Å². The summed E-state index contributed by atoms with van der Waals surface area (Å²) in [5, 5.41) is 6.21. The number of ether oxygens (including phenoxy) is 1. The van der Waals surface area contributed by atoms with Crippen molar-refractivity contribution in [1.29, 1.82) is 0 Å². The van der Waals surface area contributed by atoms with Crippen LogP contribution in [-0.4, -0.2) is 24.6 Å². The fraction of sp³-hybridized carbons (Fsp3) is 0.611. The number of benzene rings is 1. The molecular weight excluding hydrogens is 312 g/mol. The van der Waals surface area contributed by atoms with Gasteiger partial charge in [0.2, 0.25) is 5.91 Å². The van der Waals surface area contributed by atoms with Gasteiger partial charge in [0.05, 0.1) is 12.1 Å². The van der Waals surface area contributed by atoms with Gasteiger partial charge in [0.1, 0.15) is 5.75 Å². The summed E-state index contributed by atoms with van der Waals surface area (Å²) < 4.78 is 6.02. The van der Waals surface area contributed by atoms with Gasteiger partial charge in [-0.2, -0.15) is 0 Å². The maximum atomic E-state index is 11.9. The average molecular weight is 339 g/mol. The Morgan fingerprint density at radius 2 is 1.83 bits per heavy atom. The zero-order valence-corrected chi connectivity index (χ0v) is 14.4. The first-order valence-electron chi connectivity index (χ1n) is 8.58. The maximum Gasteiger partial charge on any atom is 0.237 e. The third kappa shape index (κ3) is 5.40. The van der Waals surface area contributed by atoms with E-state index in [-0.39, 0.29) is 24.4 Å². The Morgan fingerprint density at radius 3 is 2.48 bits per heavy atom.